The summed E-state index contributed by atoms with van der Waals surface area (Å²) in [6.45, 7) is 4.28. The van der Waals surface area contributed by atoms with Crippen molar-refractivity contribution in [2.75, 3.05) is 6.61 Å². The highest BCUT2D eigenvalue weighted by Gasteiger charge is 2.63. The Hall–Kier alpha value is -1.43. The van der Waals surface area contributed by atoms with Crippen LogP contribution in [-0.4, -0.2) is 34.3 Å². The number of hydrogen-bond donors (Lipinski definition) is 2. The first kappa shape index (κ1) is 17.0. The molecule has 5 heteroatoms. The molecule has 2 N–H and O–H groups in total. The Labute approximate surface area is 147 Å². The van der Waals surface area contributed by atoms with Crippen LogP contribution in [0.15, 0.2) is 34.7 Å². The highest BCUT2D eigenvalue weighted by Crippen LogP contribution is 2.61. The summed E-state index contributed by atoms with van der Waals surface area (Å²) in [7, 11) is 0. The summed E-state index contributed by atoms with van der Waals surface area (Å²) in [6.07, 6.45) is 6.61. The lowest BCUT2D eigenvalue weighted by Gasteiger charge is -2.58. The van der Waals surface area contributed by atoms with Gasteiger partial charge in [0.05, 0.1) is 24.7 Å². The van der Waals surface area contributed by atoms with E-state index in [0.29, 0.717) is 12.8 Å². The van der Waals surface area contributed by atoms with Crippen molar-refractivity contribution in [3.63, 3.8) is 0 Å². The summed E-state index contributed by atoms with van der Waals surface area (Å²) in [4.78, 5) is 12.3. The summed E-state index contributed by atoms with van der Waals surface area (Å²) in [5, 5.41) is 21.6. The van der Waals surface area contributed by atoms with Crippen molar-refractivity contribution in [3.8, 4) is 0 Å². The van der Waals surface area contributed by atoms with Crippen LogP contribution < -0.4 is 0 Å². The average molecular weight is 346 g/mol. The Morgan fingerprint density at radius 1 is 1.44 bits per heavy atom. The zero-order chi connectivity index (χ0) is 17.8. The van der Waals surface area contributed by atoms with Gasteiger partial charge < -0.3 is 19.4 Å². The molecule has 1 spiro atoms. The number of ketones is 1. The fourth-order valence-corrected chi connectivity index (χ4v) is 5.53. The van der Waals surface area contributed by atoms with Gasteiger partial charge in [-0.15, -0.1) is 0 Å². The number of hydrogen-bond acceptors (Lipinski definition) is 5. The molecule has 0 amide bonds. The Bertz CT molecular complexity index is 693. The minimum absolute atomic E-state index is 0.00308. The molecule has 1 saturated carbocycles. The normalized spacial score (nSPS) is 41.8. The first-order valence-electron chi connectivity index (χ1n) is 9.14. The van der Waals surface area contributed by atoms with Gasteiger partial charge in [0, 0.05) is 17.6 Å². The lowest BCUT2D eigenvalue weighted by Crippen LogP contribution is -2.60. The van der Waals surface area contributed by atoms with E-state index in [0.717, 1.165) is 24.0 Å². The monoisotopic (exact) mass is 346 g/mol. The standard InChI is InChI=1S/C20H26O5/c1-12-15(21)9-20-14(17(23)11-25-20)4-3-5-18(20)19(12,2)8-16(22)13-6-7-24-10-13/h4,6-7,10,12,15-16,18,21-22H,3,5,8-9,11H2,1-2H3. The third-order valence-corrected chi connectivity index (χ3v) is 7.07. The smallest absolute Gasteiger partial charge is 0.187 e. The molecular formula is C20H26O5. The van der Waals surface area contributed by atoms with E-state index in [4.69, 9.17) is 9.15 Å². The lowest BCUT2D eigenvalue weighted by molar-refractivity contribution is -0.180. The number of allylic oxidation sites excluding steroid dienone is 1. The number of furan rings is 1. The molecule has 0 radical (unpaired) electrons. The van der Waals surface area contributed by atoms with Gasteiger partial charge in [0.2, 0.25) is 0 Å². The summed E-state index contributed by atoms with van der Waals surface area (Å²) in [6, 6.07) is 1.77. The number of Topliss-reactive ketones (excluding diaryl/α,β-unsaturated/α-hetero) is 1. The van der Waals surface area contributed by atoms with Crippen molar-refractivity contribution < 1.29 is 24.2 Å². The second-order valence-electron chi connectivity index (χ2n) is 8.19. The van der Waals surface area contributed by atoms with Crippen LogP contribution in [-0.2, 0) is 9.53 Å². The van der Waals surface area contributed by atoms with Crippen molar-refractivity contribution in [3.05, 3.63) is 35.8 Å². The van der Waals surface area contributed by atoms with Crippen LogP contribution in [0.2, 0.25) is 0 Å². The highest BCUT2D eigenvalue weighted by atomic mass is 16.5. The number of carbonyl (C=O) groups excluding carboxylic acids is 1. The molecule has 0 aromatic carbocycles. The number of carbonyl (C=O) groups is 1. The molecule has 4 rings (SSSR count). The summed E-state index contributed by atoms with van der Waals surface area (Å²) in [5.41, 5.74) is 0.459. The van der Waals surface area contributed by atoms with E-state index >= 15 is 0 Å². The topological polar surface area (TPSA) is 79.9 Å². The van der Waals surface area contributed by atoms with Crippen molar-refractivity contribution in [2.24, 2.45) is 17.3 Å². The van der Waals surface area contributed by atoms with Crippen LogP contribution in [0.3, 0.4) is 0 Å². The zero-order valence-electron chi connectivity index (χ0n) is 14.8. The first-order valence-corrected chi connectivity index (χ1v) is 9.14. The van der Waals surface area contributed by atoms with Crippen molar-refractivity contribution in [1.82, 2.24) is 0 Å². The maximum atomic E-state index is 12.3. The third-order valence-electron chi connectivity index (χ3n) is 7.07. The quantitative estimate of drug-likeness (QED) is 0.880. The van der Waals surface area contributed by atoms with Gasteiger partial charge in [-0.2, -0.15) is 0 Å². The van der Waals surface area contributed by atoms with Crippen LogP contribution >= 0.6 is 0 Å². The molecule has 5 nitrogen and oxygen atoms in total. The summed E-state index contributed by atoms with van der Waals surface area (Å²) >= 11 is 0. The van der Waals surface area contributed by atoms with Gasteiger partial charge in [-0.25, -0.2) is 0 Å². The molecule has 3 aliphatic rings. The van der Waals surface area contributed by atoms with E-state index in [9.17, 15) is 15.0 Å². The van der Waals surface area contributed by atoms with Gasteiger partial charge in [0.25, 0.3) is 0 Å². The predicted molar refractivity (Wildman–Crippen MR) is 90.7 cm³/mol. The minimum Gasteiger partial charge on any atom is -0.472 e. The molecule has 25 heavy (non-hydrogen) atoms. The van der Waals surface area contributed by atoms with E-state index in [1.54, 1.807) is 18.6 Å². The van der Waals surface area contributed by atoms with Gasteiger partial charge >= 0.3 is 0 Å². The van der Waals surface area contributed by atoms with Crippen LogP contribution in [0.5, 0.6) is 0 Å². The van der Waals surface area contributed by atoms with Crippen molar-refractivity contribution in [1.29, 1.82) is 0 Å². The fourth-order valence-electron chi connectivity index (χ4n) is 5.53. The van der Waals surface area contributed by atoms with Crippen LogP contribution in [0.25, 0.3) is 0 Å². The second-order valence-corrected chi connectivity index (χ2v) is 8.19. The van der Waals surface area contributed by atoms with Crippen LogP contribution in [0.1, 0.15) is 51.2 Å². The van der Waals surface area contributed by atoms with E-state index in [1.165, 1.54) is 0 Å². The Morgan fingerprint density at radius 3 is 2.96 bits per heavy atom. The van der Waals surface area contributed by atoms with Gasteiger partial charge in [0.15, 0.2) is 5.78 Å². The molecule has 0 bridgehead atoms. The second kappa shape index (κ2) is 5.79. The average Bonchev–Trinajstić information content (AvgIpc) is 3.22. The number of aliphatic hydroxyl groups is 2. The highest BCUT2D eigenvalue weighted by molar-refractivity contribution is 6.00. The zero-order valence-corrected chi connectivity index (χ0v) is 14.8. The number of aliphatic hydroxyl groups excluding tert-OH is 2. The number of rotatable bonds is 3. The van der Waals surface area contributed by atoms with Crippen molar-refractivity contribution in [2.45, 2.75) is 57.3 Å². The van der Waals surface area contributed by atoms with Crippen LogP contribution in [0, 0.1) is 17.3 Å². The molecule has 2 fully saturated rings. The molecule has 2 aliphatic carbocycles. The largest absolute Gasteiger partial charge is 0.472 e. The maximum Gasteiger partial charge on any atom is 0.187 e. The van der Waals surface area contributed by atoms with Gasteiger partial charge in [-0.3, -0.25) is 4.79 Å². The molecule has 6 unspecified atom stereocenters. The Balaban J connectivity index is 1.73. The van der Waals surface area contributed by atoms with Gasteiger partial charge in [-0.05, 0) is 42.6 Å². The SMILES string of the molecule is CC1C(O)CC23OCC(=O)C2=CCCC3C1(C)CC(O)c1ccoc1. The van der Waals surface area contributed by atoms with Crippen LogP contribution in [0.4, 0.5) is 0 Å². The van der Waals surface area contributed by atoms with Gasteiger partial charge in [-0.1, -0.05) is 19.9 Å². The Morgan fingerprint density at radius 2 is 2.24 bits per heavy atom. The van der Waals surface area contributed by atoms with E-state index in [-0.39, 0.29) is 29.6 Å². The van der Waals surface area contributed by atoms with E-state index in [1.807, 2.05) is 13.0 Å². The fraction of sp³-hybridized carbons (Fsp3) is 0.650. The minimum atomic E-state index is -0.688. The van der Waals surface area contributed by atoms with E-state index in [2.05, 4.69) is 6.92 Å². The Kier molecular flexibility index (Phi) is 3.94. The molecule has 6 atom stereocenters. The van der Waals surface area contributed by atoms with Gasteiger partial charge in [0.1, 0.15) is 12.2 Å². The molecule has 1 saturated heterocycles. The third kappa shape index (κ3) is 2.36. The summed E-state index contributed by atoms with van der Waals surface area (Å²) < 4.78 is 11.2. The molecular weight excluding hydrogens is 320 g/mol. The predicted octanol–water partition coefficient (Wildman–Crippen LogP) is 2.78. The molecule has 2 heterocycles. The first-order chi connectivity index (χ1) is 11.9. The van der Waals surface area contributed by atoms with Crippen molar-refractivity contribution >= 4 is 5.78 Å². The maximum absolute atomic E-state index is 12.3. The lowest BCUT2D eigenvalue weighted by atomic mass is 9.49. The molecule has 1 aliphatic heterocycles. The summed E-state index contributed by atoms with van der Waals surface area (Å²) in [5.74, 6) is 0.152. The number of ether oxygens (including phenoxy) is 1. The van der Waals surface area contributed by atoms with E-state index < -0.39 is 17.8 Å². The molecule has 136 valence electrons. The molecule has 1 aromatic heterocycles. The molecule has 1 aromatic rings.